The lowest BCUT2D eigenvalue weighted by Crippen LogP contribution is -2.41. The lowest BCUT2D eigenvalue weighted by molar-refractivity contribution is -0.138. The molecule has 0 aliphatic carbocycles. The second kappa shape index (κ2) is 6.76. The van der Waals surface area contributed by atoms with Crippen LogP contribution in [0.3, 0.4) is 0 Å². The molecule has 1 heterocycles. The van der Waals surface area contributed by atoms with E-state index in [1.54, 1.807) is 12.0 Å². The predicted octanol–water partition coefficient (Wildman–Crippen LogP) is -0.367. The van der Waals surface area contributed by atoms with Crippen LogP contribution in [0.1, 0.15) is 12.8 Å². The van der Waals surface area contributed by atoms with E-state index in [-0.39, 0.29) is 18.6 Å². The first-order valence-electron chi connectivity index (χ1n) is 5.26. The highest BCUT2D eigenvalue weighted by atomic mass is 16.5. The molecule has 0 bridgehead atoms. The van der Waals surface area contributed by atoms with Gasteiger partial charge in [0, 0.05) is 20.2 Å². The van der Waals surface area contributed by atoms with E-state index in [0.29, 0.717) is 39.1 Å². The summed E-state index contributed by atoms with van der Waals surface area (Å²) in [7, 11) is 1.59. The van der Waals surface area contributed by atoms with E-state index >= 15 is 0 Å². The number of rotatable bonds is 5. The van der Waals surface area contributed by atoms with Crippen LogP contribution in [-0.2, 0) is 14.3 Å². The Morgan fingerprint density at radius 3 is 2.67 bits per heavy atom. The molecule has 0 spiro atoms. The van der Waals surface area contributed by atoms with E-state index in [1.807, 2.05) is 0 Å². The fourth-order valence-electron chi connectivity index (χ4n) is 1.51. The number of ether oxygens (including phenoxy) is 2. The molecule has 0 aromatic heterocycles. The minimum atomic E-state index is -0.247. The molecule has 88 valence electrons. The summed E-state index contributed by atoms with van der Waals surface area (Å²) in [6.45, 7) is 2.32. The maximum atomic E-state index is 11.5. The molecule has 0 unspecified atom stereocenters. The molecule has 0 aromatic rings. The zero-order valence-corrected chi connectivity index (χ0v) is 9.15. The first-order chi connectivity index (χ1) is 7.24. The van der Waals surface area contributed by atoms with Gasteiger partial charge in [-0.1, -0.05) is 0 Å². The third-order valence-electron chi connectivity index (χ3n) is 2.47. The number of hydrogen-bond donors (Lipinski definition) is 1. The number of amides is 1. The van der Waals surface area contributed by atoms with Gasteiger partial charge in [0.2, 0.25) is 5.91 Å². The SMILES string of the molecule is COCCOCC(=O)N1CCC(O)CC1. The quantitative estimate of drug-likeness (QED) is 0.638. The van der Waals surface area contributed by atoms with Crippen LogP contribution in [0.4, 0.5) is 0 Å². The summed E-state index contributed by atoms with van der Waals surface area (Å²) in [5.41, 5.74) is 0. The highest BCUT2D eigenvalue weighted by Gasteiger charge is 2.20. The Hall–Kier alpha value is -0.650. The molecular formula is C10H19NO4. The molecule has 0 atom stereocenters. The minimum absolute atomic E-state index is 0.00185. The van der Waals surface area contributed by atoms with Gasteiger partial charge in [-0.25, -0.2) is 0 Å². The van der Waals surface area contributed by atoms with Crippen molar-refractivity contribution >= 4 is 5.91 Å². The fourth-order valence-corrected chi connectivity index (χ4v) is 1.51. The van der Waals surface area contributed by atoms with Crippen LogP contribution in [-0.4, -0.2) is 62.0 Å². The molecule has 1 rings (SSSR count). The van der Waals surface area contributed by atoms with Gasteiger partial charge in [-0.2, -0.15) is 0 Å². The highest BCUT2D eigenvalue weighted by molar-refractivity contribution is 5.77. The van der Waals surface area contributed by atoms with Gasteiger partial charge in [-0.3, -0.25) is 4.79 Å². The smallest absolute Gasteiger partial charge is 0.248 e. The lowest BCUT2D eigenvalue weighted by atomic mass is 10.1. The lowest BCUT2D eigenvalue weighted by Gasteiger charge is -2.29. The molecule has 0 aromatic carbocycles. The van der Waals surface area contributed by atoms with Crippen molar-refractivity contribution < 1.29 is 19.4 Å². The van der Waals surface area contributed by atoms with Crippen LogP contribution in [0.15, 0.2) is 0 Å². The average Bonchev–Trinajstić information content (AvgIpc) is 2.25. The van der Waals surface area contributed by atoms with Gasteiger partial charge in [-0.15, -0.1) is 0 Å². The largest absolute Gasteiger partial charge is 0.393 e. The molecule has 1 saturated heterocycles. The maximum absolute atomic E-state index is 11.5. The van der Waals surface area contributed by atoms with Crippen molar-refractivity contribution in [2.24, 2.45) is 0 Å². The van der Waals surface area contributed by atoms with Gasteiger partial charge in [-0.05, 0) is 12.8 Å². The Balaban J connectivity index is 2.11. The molecule has 5 heteroatoms. The number of aliphatic hydroxyl groups excluding tert-OH is 1. The van der Waals surface area contributed by atoms with E-state index in [1.165, 1.54) is 0 Å². The molecule has 0 saturated carbocycles. The molecule has 0 radical (unpaired) electrons. The zero-order chi connectivity index (χ0) is 11.1. The molecule has 1 aliphatic rings. The fraction of sp³-hybridized carbons (Fsp3) is 0.900. The number of likely N-dealkylation sites (tertiary alicyclic amines) is 1. The first-order valence-corrected chi connectivity index (χ1v) is 5.26. The standard InChI is InChI=1S/C10H19NO4/c1-14-6-7-15-8-10(13)11-4-2-9(12)3-5-11/h9,12H,2-8H2,1H3. The zero-order valence-electron chi connectivity index (χ0n) is 9.15. The monoisotopic (exact) mass is 217 g/mol. The molecule has 1 amide bonds. The van der Waals surface area contributed by atoms with Crippen LogP contribution >= 0.6 is 0 Å². The summed E-state index contributed by atoms with van der Waals surface area (Å²) in [6, 6.07) is 0. The summed E-state index contributed by atoms with van der Waals surface area (Å²) in [5.74, 6) is -0.00185. The first kappa shape index (κ1) is 12.4. The number of hydrogen-bond acceptors (Lipinski definition) is 4. The van der Waals surface area contributed by atoms with Crippen LogP contribution in [0, 0.1) is 0 Å². The molecule has 1 N–H and O–H groups in total. The van der Waals surface area contributed by atoms with Crippen molar-refractivity contribution in [1.29, 1.82) is 0 Å². The third kappa shape index (κ3) is 4.59. The second-order valence-electron chi connectivity index (χ2n) is 3.66. The number of carbonyl (C=O) groups excluding carboxylic acids is 1. The van der Waals surface area contributed by atoms with Crippen LogP contribution in [0.25, 0.3) is 0 Å². The number of methoxy groups -OCH3 is 1. The number of nitrogens with zero attached hydrogens (tertiary/aromatic N) is 1. The van der Waals surface area contributed by atoms with E-state index in [2.05, 4.69) is 0 Å². The molecule has 1 fully saturated rings. The van der Waals surface area contributed by atoms with Crippen molar-refractivity contribution in [3.63, 3.8) is 0 Å². The second-order valence-corrected chi connectivity index (χ2v) is 3.66. The van der Waals surface area contributed by atoms with Crippen LogP contribution in [0.5, 0.6) is 0 Å². The van der Waals surface area contributed by atoms with E-state index in [4.69, 9.17) is 9.47 Å². The molecule has 1 aliphatic heterocycles. The van der Waals surface area contributed by atoms with Gasteiger partial charge in [0.1, 0.15) is 6.61 Å². The van der Waals surface area contributed by atoms with E-state index in [0.717, 1.165) is 0 Å². The Kier molecular flexibility index (Phi) is 5.60. The summed E-state index contributed by atoms with van der Waals surface area (Å²) in [4.78, 5) is 13.3. The topological polar surface area (TPSA) is 59.0 Å². The average molecular weight is 217 g/mol. The van der Waals surface area contributed by atoms with Crippen LogP contribution < -0.4 is 0 Å². The summed E-state index contributed by atoms with van der Waals surface area (Å²) >= 11 is 0. The van der Waals surface area contributed by atoms with Gasteiger partial charge in [0.25, 0.3) is 0 Å². The van der Waals surface area contributed by atoms with Crippen LogP contribution in [0.2, 0.25) is 0 Å². The number of aliphatic hydroxyl groups is 1. The van der Waals surface area contributed by atoms with Crippen molar-refractivity contribution in [2.45, 2.75) is 18.9 Å². The molecule has 5 nitrogen and oxygen atoms in total. The third-order valence-corrected chi connectivity index (χ3v) is 2.47. The Morgan fingerprint density at radius 1 is 1.40 bits per heavy atom. The van der Waals surface area contributed by atoms with Gasteiger partial charge < -0.3 is 19.5 Å². The molecular weight excluding hydrogens is 198 g/mol. The summed E-state index contributed by atoms with van der Waals surface area (Å²) in [6.07, 6.45) is 1.09. The van der Waals surface area contributed by atoms with Gasteiger partial charge in [0.05, 0.1) is 19.3 Å². The van der Waals surface area contributed by atoms with E-state index < -0.39 is 0 Å². The van der Waals surface area contributed by atoms with E-state index in [9.17, 15) is 9.90 Å². The Bertz CT molecular complexity index is 190. The summed E-state index contributed by atoms with van der Waals surface area (Å²) in [5, 5.41) is 9.27. The predicted molar refractivity (Wildman–Crippen MR) is 54.5 cm³/mol. The van der Waals surface area contributed by atoms with Crippen molar-refractivity contribution in [3.8, 4) is 0 Å². The highest BCUT2D eigenvalue weighted by Crippen LogP contribution is 2.09. The van der Waals surface area contributed by atoms with Crippen molar-refractivity contribution in [2.75, 3.05) is 40.0 Å². The molecule has 15 heavy (non-hydrogen) atoms. The Morgan fingerprint density at radius 2 is 2.07 bits per heavy atom. The van der Waals surface area contributed by atoms with Gasteiger partial charge in [0.15, 0.2) is 0 Å². The minimum Gasteiger partial charge on any atom is -0.393 e. The van der Waals surface area contributed by atoms with Gasteiger partial charge >= 0.3 is 0 Å². The number of piperidine rings is 1. The van der Waals surface area contributed by atoms with Crippen molar-refractivity contribution in [3.05, 3.63) is 0 Å². The van der Waals surface area contributed by atoms with Crippen molar-refractivity contribution in [1.82, 2.24) is 4.90 Å². The Labute approximate surface area is 90.0 Å². The number of carbonyl (C=O) groups is 1. The maximum Gasteiger partial charge on any atom is 0.248 e. The normalized spacial score (nSPS) is 18.1. The summed E-state index contributed by atoms with van der Waals surface area (Å²) < 4.78 is 9.94.